The van der Waals surface area contributed by atoms with E-state index in [2.05, 4.69) is 0 Å². The van der Waals surface area contributed by atoms with Gasteiger partial charge < -0.3 is 29.3 Å². The third-order valence-corrected chi connectivity index (χ3v) is 16.2. The number of hydrogen-bond donors (Lipinski definition) is 1. The van der Waals surface area contributed by atoms with Crippen LogP contribution in [0.15, 0.2) is 133 Å². The van der Waals surface area contributed by atoms with Crippen LogP contribution in [0.1, 0.15) is 101 Å². The summed E-state index contributed by atoms with van der Waals surface area (Å²) in [5, 5.41) is 9.41. The van der Waals surface area contributed by atoms with Gasteiger partial charge in [0, 0.05) is 19.6 Å². The van der Waals surface area contributed by atoms with Crippen LogP contribution in [-0.4, -0.2) is 122 Å². The second kappa shape index (κ2) is 22.4. The lowest BCUT2D eigenvalue weighted by Gasteiger charge is -2.38. The normalized spacial score (nSPS) is 23.2. The monoisotopic (exact) mass is 1050 g/mol. The second-order valence-corrected chi connectivity index (χ2v) is 21.9. The third kappa shape index (κ3) is 11.3. The highest BCUT2D eigenvalue weighted by molar-refractivity contribution is 6.01. The molecule has 5 fully saturated rings. The van der Waals surface area contributed by atoms with Crippen molar-refractivity contribution in [1.29, 1.82) is 0 Å². The van der Waals surface area contributed by atoms with E-state index in [1.165, 1.54) is 9.80 Å². The first kappa shape index (κ1) is 51.9. The molecule has 7 amide bonds. The molecule has 0 radical (unpaired) electrons. The summed E-state index contributed by atoms with van der Waals surface area (Å²) in [4.78, 5) is 110. The Morgan fingerprint density at radius 3 is 1.06 bits per heavy atom. The van der Waals surface area contributed by atoms with Crippen molar-refractivity contribution >= 4 is 47.7 Å². The van der Waals surface area contributed by atoms with Crippen molar-refractivity contribution in [1.82, 2.24) is 24.5 Å². The molecule has 0 bridgehead atoms. The van der Waals surface area contributed by atoms with Crippen LogP contribution in [0.5, 0.6) is 0 Å². The van der Waals surface area contributed by atoms with Gasteiger partial charge in [0.05, 0.1) is 31.3 Å². The van der Waals surface area contributed by atoms with Gasteiger partial charge in [0.2, 0.25) is 17.7 Å². The fourth-order valence-corrected chi connectivity index (χ4v) is 11.6. The zero-order valence-corrected chi connectivity index (χ0v) is 43.4. The van der Waals surface area contributed by atoms with Crippen LogP contribution in [0.25, 0.3) is 0 Å². The van der Waals surface area contributed by atoms with Gasteiger partial charge in [-0.2, -0.15) is 0 Å². The number of carbonyl (C=O) groups is 8. The molecule has 5 aromatic carbocycles. The number of benzene rings is 5. The molecule has 5 aliphatic heterocycles. The lowest BCUT2D eigenvalue weighted by atomic mass is 9.90. The Morgan fingerprint density at radius 1 is 0.423 bits per heavy atom. The molecule has 1 unspecified atom stereocenters. The number of carboxylic acids is 1. The van der Waals surface area contributed by atoms with Crippen molar-refractivity contribution < 1.29 is 52.9 Å². The summed E-state index contributed by atoms with van der Waals surface area (Å²) in [5.41, 5.74) is 7.05. The number of carboxylic acid groups (broad SMARTS) is 1. The van der Waals surface area contributed by atoms with Crippen molar-refractivity contribution in [2.24, 2.45) is 17.8 Å². The topological polar surface area (TPSA) is 191 Å². The molecule has 16 heteroatoms. The van der Waals surface area contributed by atoms with E-state index in [-0.39, 0.29) is 54.8 Å². The van der Waals surface area contributed by atoms with Gasteiger partial charge in [0.25, 0.3) is 11.8 Å². The highest BCUT2D eigenvalue weighted by atomic mass is 16.6. The SMILES string of the molecule is O=C(O)C1c2ccccc2CC(=O)N1CC1CC1.O=C1Cc2ccccc2[C@@H](C(=O)N2C(=O)OC[C@@H]2Cc2ccccc2)N1CC1CC1.O=C1Cc2ccccc2[C@H](C(=O)N2C(=O)OC[C@@H]2Cc2ccccc2)N1CC1CC1. The Morgan fingerprint density at radius 2 is 0.731 bits per heavy atom. The van der Waals surface area contributed by atoms with E-state index in [1.807, 2.05) is 133 Å². The van der Waals surface area contributed by atoms with Crippen molar-refractivity contribution in [3.8, 4) is 0 Å². The Hall–Kier alpha value is -8.14. The van der Waals surface area contributed by atoms with Gasteiger partial charge in [0.15, 0.2) is 6.04 Å². The van der Waals surface area contributed by atoms with Gasteiger partial charge in [0.1, 0.15) is 25.3 Å². The molecule has 13 rings (SSSR count). The molecule has 3 saturated carbocycles. The number of hydrogen-bond acceptors (Lipinski definition) is 10. The first-order valence-corrected chi connectivity index (χ1v) is 27.3. The number of imide groups is 2. The Labute approximate surface area is 452 Å². The number of amides is 7. The van der Waals surface area contributed by atoms with E-state index in [0.29, 0.717) is 69.5 Å². The van der Waals surface area contributed by atoms with Gasteiger partial charge >= 0.3 is 18.2 Å². The highest BCUT2D eigenvalue weighted by Crippen LogP contribution is 2.41. The van der Waals surface area contributed by atoms with Crippen LogP contribution in [0.4, 0.5) is 9.59 Å². The zero-order chi connectivity index (χ0) is 54.0. The molecule has 1 N–H and O–H groups in total. The van der Waals surface area contributed by atoms with Crippen LogP contribution >= 0.6 is 0 Å². The maximum Gasteiger partial charge on any atom is 0.417 e. The minimum Gasteiger partial charge on any atom is -0.479 e. The van der Waals surface area contributed by atoms with Gasteiger partial charge in [-0.1, -0.05) is 133 Å². The number of nitrogens with zero attached hydrogens (tertiary/aromatic N) is 5. The van der Waals surface area contributed by atoms with Crippen LogP contribution < -0.4 is 0 Å². The second-order valence-electron chi connectivity index (χ2n) is 21.9. The third-order valence-electron chi connectivity index (χ3n) is 16.2. The summed E-state index contributed by atoms with van der Waals surface area (Å²) in [6.45, 7) is 2.06. The molecule has 2 saturated heterocycles. The fraction of sp³-hybridized carbons (Fsp3) is 0.387. The lowest BCUT2D eigenvalue weighted by Crippen LogP contribution is -2.51. The predicted octanol–water partition coefficient (Wildman–Crippen LogP) is 7.83. The molecule has 5 aromatic rings. The van der Waals surface area contributed by atoms with Crippen LogP contribution in [0.2, 0.25) is 0 Å². The minimum absolute atomic E-state index is 0.0499. The number of carbonyl (C=O) groups excluding carboxylic acids is 7. The summed E-state index contributed by atoms with van der Waals surface area (Å²) in [6.07, 6.45) is 7.27. The molecule has 402 valence electrons. The molecule has 0 aromatic heterocycles. The Bertz CT molecular complexity index is 2960. The van der Waals surface area contributed by atoms with Crippen LogP contribution in [-0.2, 0) is 70.3 Å². The smallest absolute Gasteiger partial charge is 0.417 e. The van der Waals surface area contributed by atoms with E-state index >= 15 is 0 Å². The number of cyclic esters (lactones) is 2. The highest BCUT2D eigenvalue weighted by Gasteiger charge is 2.49. The Balaban J connectivity index is 0.000000128. The molecule has 78 heavy (non-hydrogen) atoms. The maximum atomic E-state index is 13.8. The quantitative estimate of drug-likeness (QED) is 0.121. The van der Waals surface area contributed by atoms with Gasteiger partial charge in [-0.25, -0.2) is 24.2 Å². The number of aliphatic carboxylic acids is 1. The maximum absolute atomic E-state index is 13.8. The van der Waals surface area contributed by atoms with Crippen molar-refractivity contribution in [2.75, 3.05) is 32.8 Å². The molecule has 5 atom stereocenters. The summed E-state index contributed by atoms with van der Waals surface area (Å²) < 4.78 is 10.5. The van der Waals surface area contributed by atoms with E-state index < -0.39 is 36.3 Å². The van der Waals surface area contributed by atoms with Crippen molar-refractivity contribution in [2.45, 2.75) is 101 Å². The van der Waals surface area contributed by atoms with Crippen LogP contribution in [0, 0.1) is 17.8 Å². The first-order chi connectivity index (χ1) is 37.9. The molecule has 0 spiro atoms. The van der Waals surface area contributed by atoms with Gasteiger partial charge in [-0.05, 0) is 114 Å². The summed E-state index contributed by atoms with van der Waals surface area (Å²) >= 11 is 0. The molecule has 16 nitrogen and oxygen atoms in total. The van der Waals surface area contributed by atoms with E-state index in [0.717, 1.165) is 83.0 Å². The molecular formula is C62H63N5O11. The molecule has 5 heterocycles. The summed E-state index contributed by atoms with van der Waals surface area (Å²) in [6, 6.07) is 38.9. The van der Waals surface area contributed by atoms with E-state index in [9.17, 15) is 43.5 Å². The fourth-order valence-electron chi connectivity index (χ4n) is 11.6. The molecule has 8 aliphatic rings. The van der Waals surface area contributed by atoms with Crippen molar-refractivity contribution in [3.63, 3.8) is 0 Å². The standard InChI is InChI=1S/2C24H24N2O4.C14H15NO3/c2*27-21-13-18-8-4-5-9-20(18)22(25(21)14-17-10-11-17)23(28)26-19(15-30-24(26)29)12-16-6-2-1-3-7-16;16-12-7-10-3-1-2-4-11(10)13(14(17)18)15(12)8-9-5-6-9/h2*1-9,17,19,22H,10-15H2;1-4,9,13H,5-8H2,(H,17,18)/t19-,22+;19-,22-;/m00./s1. The number of ether oxygens (including phenoxy) is 2. The number of fused-ring (bicyclic) bond motifs is 3. The van der Waals surface area contributed by atoms with Gasteiger partial charge in [-0.15, -0.1) is 0 Å². The number of rotatable bonds is 13. The van der Waals surface area contributed by atoms with Crippen molar-refractivity contribution in [3.05, 3.63) is 178 Å². The van der Waals surface area contributed by atoms with Crippen LogP contribution in [0.3, 0.4) is 0 Å². The minimum atomic E-state index is -0.934. The van der Waals surface area contributed by atoms with Gasteiger partial charge in [-0.3, -0.25) is 24.0 Å². The Kier molecular flexibility index (Phi) is 14.9. The zero-order valence-electron chi connectivity index (χ0n) is 43.4. The average molecular weight is 1050 g/mol. The van der Waals surface area contributed by atoms with E-state index in [4.69, 9.17) is 9.47 Å². The average Bonchev–Trinajstić information content (AvgIpc) is 4.39. The largest absolute Gasteiger partial charge is 0.479 e. The first-order valence-electron chi connectivity index (χ1n) is 27.3. The lowest BCUT2D eigenvalue weighted by molar-refractivity contribution is -0.151. The molecular weight excluding hydrogens is 991 g/mol. The summed E-state index contributed by atoms with van der Waals surface area (Å²) in [5.74, 6) is -0.429. The van der Waals surface area contributed by atoms with E-state index in [1.54, 1.807) is 14.7 Å². The molecule has 3 aliphatic carbocycles. The summed E-state index contributed by atoms with van der Waals surface area (Å²) in [7, 11) is 0. The predicted molar refractivity (Wildman–Crippen MR) is 284 cm³/mol.